The number of aromatic nitrogens is 2. The predicted octanol–water partition coefficient (Wildman–Crippen LogP) is 1.91. The van der Waals surface area contributed by atoms with Gasteiger partial charge in [-0.1, -0.05) is 24.3 Å². The van der Waals surface area contributed by atoms with Gasteiger partial charge in [0.25, 0.3) is 5.56 Å². The van der Waals surface area contributed by atoms with Crippen molar-refractivity contribution in [1.82, 2.24) is 10.2 Å². The molecule has 5 heteroatoms. The van der Waals surface area contributed by atoms with Crippen LogP contribution in [0.5, 0.6) is 0 Å². The second-order valence-electron chi connectivity index (χ2n) is 3.90. The lowest BCUT2D eigenvalue weighted by molar-refractivity contribution is 0.833. The molecule has 96 valence electrons. The van der Waals surface area contributed by atoms with Gasteiger partial charge >= 0.3 is 0 Å². The summed E-state index contributed by atoms with van der Waals surface area (Å²) in [4.78, 5) is 10.9. The smallest absolute Gasteiger partial charge is 0.264 e. The summed E-state index contributed by atoms with van der Waals surface area (Å²) < 4.78 is 0. The lowest BCUT2D eigenvalue weighted by atomic mass is 10.1. The fourth-order valence-electron chi connectivity index (χ4n) is 1.65. The van der Waals surface area contributed by atoms with Crippen molar-refractivity contribution in [1.29, 1.82) is 0 Å². The molecule has 18 heavy (non-hydrogen) atoms. The van der Waals surface area contributed by atoms with Gasteiger partial charge in [-0.3, -0.25) is 4.79 Å². The molecule has 0 bridgehead atoms. The van der Waals surface area contributed by atoms with Crippen molar-refractivity contribution in [3.63, 3.8) is 0 Å². The van der Waals surface area contributed by atoms with Gasteiger partial charge in [-0.05, 0) is 31.0 Å². The Kier molecular flexibility index (Phi) is 5.74. The summed E-state index contributed by atoms with van der Waals surface area (Å²) in [5.74, 6) is 0. The van der Waals surface area contributed by atoms with Gasteiger partial charge in [-0.2, -0.15) is 5.10 Å². The van der Waals surface area contributed by atoms with Gasteiger partial charge < -0.3 is 5.73 Å². The van der Waals surface area contributed by atoms with Crippen molar-refractivity contribution in [2.45, 2.75) is 12.8 Å². The lowest BCUT2D eigenvalue weighted by Gasteiger charge is -2.02. The van der Waals surface area contributed by atoms with Crippen LogP contribution in [0.1, 0.15) is 12.0 Å². The van der Waals surface area contributed by atoms with Gasteiger partial charge in [0.2, 0.25) is 0 Å². The van der Waals surface area contributed by atoms with Crippen molar-refractivity contribution < 1.29 is 0 Å². The van der Waals surface area contributed by atoms with Crippen molar-refractivity contribution in [2.24, 2.45) is 5.73 Å². The Morgan fingerprint density at radius 1 is 1.11 bits per heavy atom. The molecule has 0 unspecified atom stereocenters. The van der Waals surface area contributed by atoms with Crippen LogP contribution >= 0.6 is 17.0 Å². The van der Waals surface area contributed by atoms with Gasteiger partial charge in [-0.15, -0.1) is 17.0 Å². The third-order valence-electron chi connectivity index (χ3n) is 2.60. The first kappa shape index (κ1) is 14.6. The van der Waals surface area contributed by atoms with Crippen LogP contribution in [0.25, 0.3) is 11.3 Å². The number of nitrogens with two attached hydrogens (primary N) is 1. The van der Waals surface area contributed by atoms with E-state index < -0.39 is 0 Å². The van der Waals surface area contributed by atoms with Crippen LogP contribution in [0.15, 0.2) is 41.2 Å². The molecule has 0 saturated heterocycles. The van der Waals surface area contributed by atoms with E-state index in [1.807, 2.05) is 12.1 Å². The number of nitrogens with one attached hydrogen (secondary N) is 1. The first-order valence-electron chi connectivity index (χ1n) is 5.65. The molecule has 1 aromatic carbocycles. The standard InChI is InChI=1S/C13H15N3O.BrH/c14-9-1-2-10-3-5-11(6-4-10)12-7-8-13(17)16-15-12;/h3-8H,1-2,9,14H2,(H,16,17);1H. The topological polar surface area (TPSA) is 71.8 Å². The molecule has 0 aliphatic rings. The molecule has 0 amide bonds. The summed E-state index contributed by atoms with van der Waals surface area (Å²) in [6.07, 6.45) is 1.99. The van der Waals surface area contributed by atoms with E-state index in [1.165, 1.54) is 11.6 Å². The molecule has 0 aliphatic heterocycles. The Labute approximate surface area is 116 Å². The zero-order valence-corrected chi connectivity index (χ0v) is 11.6. The predicted molar refractivity (Wildman–Crippen MR) is 78.0 cm³/mol. The van der Waals surface area contributed by atoms with Crippen LogP contribution in [0.3, 0.4) is 0 Å². The normalized spacial score (nSPS) is 9.83. The average molecular weight is 310 g/mol. The summed E-state index contributed by atoms with van der Waals surface area (Å²) >= 11 is 0. The summed E-state index contributed by atoms with van der Waals surface area (Å²) in [6, 6.07) is 11.3. The summed E-state index contributed by atoms with van der Waals surface area (Å²) in [5.41, 5.74) is 8.32. The molecule has 0 aliphatic carbocycles. The van der Waals surface area contributed by atoms with Crippen molar-refractivity contribution in [2.75, 3.05) is 6.54 Å². The zero-order chi connectivity index (χ0) is 12.1. The van der Waals surface area contributed by atoms with E-state index in [-0.39, 0.29) is 22.5 Å². The molecule has 2 rings (SSSR count). The molecule has 4 nitrogen and oxygen atoms in total. The van der Waals surface area contributed by atoms with E-state index in [4.69, 9.17) is 5.73 Å². The maximum absolute atomic E-state index is 10.9. The number of nitrogens with zero attached hydrogens (tertiary/aromatic N) is 1. The Hall–Kier alpha value is -1.46. The van der Waals surface area contributed by atoms with Crippen LogP contribution in [-0.4, -0.2) is 16.7 Å². The van der Waals surface area contributed by atoms with E-state index in [2.05, 4.69) is 22.3 Å². The number of benzene rings is 1. The van der Waals surface area contributed by atoms with Crippen LogP contribution in [0.2, 0.25) is 0 Å². The Bertz CT molecular complexity index is 516. The fourth-order valence-corrected chi connectivity index (χ4v) is 1.65. The molecule has 0 fully saturated rings. The Morgan fingerprint density at radius 2 is 1.83 bits per heavy atom. The Balaban J connectivity index is 0.00000162. The van der Waals surface area contributed by atoms with E-state index in [0.717, 1.165) is 24.1 Å². The lowest BCUT2D eigenvalue weighted by Crippen LogP contribution is -2.05. The largest absolute Gasteiger partial charge is 0.330 e. The highest BCUT2D eigenvalue weighted by Crippen LogP contribution is 2.16. The molecule has 1 aromatic heterocycles. The second-order valence-corrected chi connectivity index (χ2v) is 3.90. The number of H-pyrrole nitrogens is 1. The highest BCUT2D eigenvalue weighted by atomic mass is 79.9. The van der Waals surface area contributed by atoms with E-state index in [1.54, 1.807) is 6.07 Å². The fraction of sp³-hybridized carbons (Fsp3) is 0.231. The molecule has 3 N–H and O–H groups in total. The number of hydrogen-bond donors (Lipinski definition) is 2. The minimum atomic E-state index is -0.187. The van der Waals surface area contributed by atoms with Crippen LogP contribution < -0.4 is 11.3 Å². The molecule has 1 heterocycles. The molecule has 0 radical (unpaired) electrons. The quantitative estimate of drug-likeness (QED) is 0.906. The summed E-state index contributed by atoms with van der Waals surface area (Å²) in [5, 5.41) is 6.41. The van der Waals surface area contributed by atoms with Gasteiger partial charge in [0.15, 0.2) is 0 Å². The number of halogens is 1. The average Bonchev–Trinajstić information content (AvgIpc) is 2.38. The van der Waals surface area contributed by atoms with Gasteiger partial charge in [0.05, 0.1) is 5.69 Å². The first-order chi connectivity index (χ1) is 8.29. The third-order valence-corrected chi connectivity index (χ3v) is 2.60. The van der Waals surface area contributed by atoms with E-state index in [0.29, 0.717) is 6.54 Å². The first-order valence-corrected chi connectivity index (χ1v) is 5.65. The van der Waals surface area contributed by atoms with Crippen LogP contribution in [0, 0.1) is 0 Å². The second kappa shape index (κ2) is 7.08. The molecular weight excluding hydrogens is 294 g/mol. The molecule has 0 saturated carbocycles. The highest BCUT2D eigenvalue weighted by Gasteiger charge is 1.99. The Morgan fingerprint density at radius 3 is 2.39 bits per heavy atom. The summed E-state index contributed by atoms with van der Waals surface area (Å²) in [6.45, 7) is 0.712. The van der Waals surface area contributed by atoms with Crippen LogP contribution in [0.4, 0.5) is 0 Å². The van der Waals surface area contributed by atoms with Crippen molar-refractivity contribution in [3.8, 4) is 11.3 Å². The SMILES string of the molecule is Br.NCCCc1ccc(-c2ccc(=O)[nH]n2)cc1. The van der Waals surface area contributed by atoms with Gasteiger partial charge in [0.1, 0.15) is 0 Å². The maximum atomic E-state index is 10.9. The minimum Gasteiger partial charge on any atom is -0.330 e. The molecular formula is C13H16BrN3O. The maximum Gasteiger partial charge on any atom is 0.264 e. The number of aryl methyl sites for hydroxylation is 1. The number of rotatable bonds is 4. The molecule has 2 aromatic rings. The molecule has 0 spiro atoms. The third kappa shape index (κ3) is 3.78. The van der Waals surface area contributed by atoms with Crippen molar-refractivity contribution in [3.05, 3.63) is 52.3 Å². The van der Waals surface area contributed by atoms with E-state index in [9.17, 15) is 4.79 Å². The number of aromatic amines is 1. The minimum absolute atomic E-state index is 0. The van der Waals surface area contributed by atoms with Gasteiger partial charge in [0, 0.05) is 11.6 Å². The van der Waals surface area contributed by atoms with Crippen LogP contribution in [-0.2, 0) is 6.42 Å². The van der Waals surface area contributed by atoms with Crippen molar-refractivity contribution >= 4 is 17.0 Å². The zero-order valence-electron chi connectivity index (χ0n) is 9.93. The van der Waals surface area contributed by atoms with E-state index >= 15 is 0 Å². The van der Waals surface area contributed by atoms with Gasteiger partial charge in [-0.25, -0.2) is 5.10 Å². The summed E-state index contributed by atoms with van der Waals surface area (Å²) in [7, 11) is 0. The molecule has 0 atom stereocenters. The monoisotopic (exact) mass is 309 g/mol. The highest BCUT2D eigenvalue weighted by molar-refractivity contribution is 8.93. The number of hydrogen-bond acceptors (Lipinski definition) is 3.